The number of benzene rings is 1. The number of hydrogen-bond donors (Lipinski definition) is 0. The molecular formula is C16H17ClFNO6. The van der Waals surface area contributed by atoms with Crippen LogP contribution < -0.4 is 9.64 Å². The van der Waals surface area contributed by atoms with Crippen LogP contribution in [0.2, 0.25) is 5.02 Å². The molecule has 0 fully saturated rings. The van der Waals surface area contributed by atoms with E-state index >= 15 is 0 Å². The van der Waals surface area contributed by atoms with E-state index in [-0.39, 0.29) is 47.7 Å². The van der Waals surface area contributed by atoms with E-state index in [2.05, 4.69) is 4.74 Å². The van der Waals surface area contributed by atoms with Crippen molar-refractivity contribution in [3.63, 3.8) is 0 Å². The lowest BCUT2D eigenvalue weighted by molar-refractivity contribution is -0.140. The first-order valence-corrected chi connectivity index (χ1v) is 7.69. The number of carbonyl (C=O) groups is 2. The van der Waals surface area contributed by atoms with Gasteiger partial charge in [0.25, 0.3) is 0 Å². The van der Waals surface area contributed by atoms with Gasteiger partial charge in [-0.3, -0.25) is 0 Å². The molecule has 1 aliphatic heterocycles. The summed E-state index contributed by atoms with van der Waals surface area (Å²) >= 11 is 6.06. The molecule has 0 saturated heterocycles. The Labute approximate surface area is 148 Å². The molecule has 0 amide bonds. The lowest BCUT2D eigenvalue weighted by atomic mass is 10.1. The third kappa shape index (κ3) is 3.85. The summed E-state index contributed by atoms with van der Waals surface area (Å²) in [6.07, 6.45) is 0. The van der Waals surface area contributed by atoms with Gasteiger partial charge < -0.3 is 23.8 Å². The second-order valence-electron chi connectivity index (χ2n) is 4.89. The summed E-state index contributed by atoms with van der Waals surface area (Å²) in [5, 5.41) is 0.0197. The SMILES string of the molecule is CCOc1c(F)cc(N2COCC(C(=O)OC)=C2C(=O)OC)cc1Cl. The number of anilines is 1. The molecule has 0 radical (unpaired) electrons. The van der Waals surface area contributed by atoms with Crippen LogP contribution in [0.1, 0.15) is 6.92 Å². The highest BCUT2D eigenvalue weighted by Gasteiger charge is 2.33. The maximum Gasteiger partial charge on any atom is 0.355 e. The van der Waals surface area contributed by atoms with Gasteiger partial charge in [-0.1, -0.05) is 11.6 Å². The maximum atomic E-state index is 14.3. The van der Waals surface area contributed by atoms with Gasteiger partial charge in [0.15, 0.2) is 11.6 Å². The molecule has 0 unspecified atom stereocenters. The number of nitrogens with zero attached hydrogens (tertiary/aromatic N) is 1. The largest absolute Gasteiger partial charge is 0.489 e. The smallest absolute Gasteiger partial charge is 0.355 e. The Kier molecular flexibility index (Phi) is 6.22. The van der Waals surface area contributed by atoms with Crippen LogP contribution in [0, 0.1) is 5.82 Å². The van der Waals surface area contributed by atoms with Gasteiger partial charge in [0.05, 0.1) is 38.0 Å². The number of esters is 2. The molecule has 0 bridgehead atoms. The molecule has 0 aliphatic carbocycles. The Balaban J connectivity index is 2.56. The first-order chi connectivity index (χ1) is 11.9. The van der Waals surface area contributed by atoms with Crippen molar-refractivity contribution >= 4 is 29.2 Å². The summed E-state index contributed by atoms with van der Waals surface area (Å²) < 4.78 is 34.2. The van der Waals surface area contributed by atoms with Crippen molar-refractivity contribution in [3.8, 4) is 5.75 Å². The molecule has 2 rings (SSSR count). The minimum atomic E-state index is -0.783. The molecular weight excluding hydrogens is 357 g/mol. The number of methoxy groups -OCH3 is 2. The number of carbonyl (C=O) groups excluding carboxylic acids is 2. The van der Waals surface area contributed by atoms with E-state index in [1.165, 1.54) is 25.2 Å². The molecule has 1 aromatic carbocycles. The standard InChI is InChI=1S/C16H17ClFNO6/c1-4-25-14-11(17)5-9(6-12(14)18)19-8-24-7-10(15(20)22-2)13(19)16(21)23-3/h5-6H,4,7-8H2,1-3H3. The molecule has 0 aromatic heterocycles. The maximum absolute atomic E-state index is 14.3. The summed E-state index contributed by atoms with van der Waals surface area (Å²) in [6, 6.07) is 2.53. The van der Waals surface area contributed by atoms with E-state index in [1.807, 2.05) is 0 Å². The topological polar surface area (TPSA) is 74.3 Å². The van der Waals surface area contributed by atoms with E-state index in [4.69, 9.17) is 25.8 Å². The minimum Gasteiger partial charge on any atom is -0.489 e. The van der Waals surface area contributed by atoms with E-state index in [0.29, 0.717) is 0 Å². The van der Waals surface area contributed by atoms with Gasteiger partial charge in [-0.05, 0) is 13.0 Å². The van der Waals surface area contributed by atoms with Gasteiger partial charge in [0, 0.05) is 11.8 Å². The highest BCUT2D eigenvalue weighted by Crippen LogP contribution is 2.35. The zero-order valence-electron chi connectivity index (χ0n) is 13.9. The van der Waals surface area contributed by atoms with Crippen molar-refractivity contribution in [2.45, 2.75) is 6.92 Å². The van der Waals surface area contributed by atoms with Crippen molar-refractivity contribution in [2.24, 2.45) is 0 Å². The van der Waals surface area contributed by atoms with Gasteiger partial charge in [-0.15, -0.1) is 0 Å². The first-order valence-electron chi connectivity index (χ1n) is 7.31. The van der Waals surface area contributed by atoms with E-state index in [1.54, 1.807) is 6.92 Å². The number of ether oxygens (including phenoxy) is 4. The second-order valence-corrected chi connectivity index (χ2v) is 5.29. The average Bonchev–Trinajstić information content (AvgIpc) is 2.62. The molecule has 136 valence electrons. The van der Waals surface area contributed by atoms with Gasteiger partial charge in [0.1, 0.15) is 12.4 Å². The number of hydrogen-bond acceptors (Lipinski definition) is 7. The highest BCUT2D eigenvalue weighted by molar-refractivity contribution is 6.32. The van der Waals surface area contributed by atoms with E-state index < -0.39 is 17.8 Å². The fourth-order valence-electron chi connectivity index (χ4n) is 2.33. The summed E-state index contributed by atoms with van der Waals surface area (Å²) in [7, 11) is 2.35. The molecule has 7 nitrogen and oxygen atoms in total. The van der Waals surface area contributed by atoms with Gasteiger partial charge in [-0.25, -0.2) is 14.0 Å². The molecule has 0 N–H and O–H groups in total. The first kappa shape index (κ1) is 19.0. The molecule has 0 saturated carbocycles. The van der Waals surface area contributed by atoms with Gasteiger partial charge in [-0.2, -0.15) is 0 Å². The predicted molar refractivity (Wildman–Crippen MR) is 86.9 cm³/mol. The normalized spacial score (nSPS) is 14.4. The van der Waals surface area contributed by atoms with Crippen LogP contribution in [0.3, 0.4) is 0 Å². The highest BCUT2D eigenvalue weighted by atomic mass is 35.5. The molecule has 1 heterocycles. The third-order valence-corrected chi connectivity index (χ3v) is 3.70. The van der Waals surface area contributed by atoms with Crippen LogP contribution in [-0.2, 0) is 23.8 Å². The van der Waals surface area contributed by atoms with Crippen LogP contribution in [0.15, 0.2) is 23.4 Å². The monoisotopic (exact) mass is 373 g/mol. The second kappa shape index (κ2) is 8.17. The zero-order chi connectivity index (χ0) is 18.6. The van der Waals surface area contributed by atoms with Crippen LogP contribution >= 0.6 is 11.6 Å². The number of halogens is 2. The van der Waals surface area contributed by atoms with Crippen molar-refractivity contribution < 1.29 is 32.9 Å². The Morgan fingerprint density at radius 2 is 1.96 bits per heavy atom. The molecule has 25 heavy (non-hydrogen) atoms. The lowest BCUT2D eigenvalue weighted by Gasteiger charge is -2.31. The average molecular weight is 374 g/mol. The summed E-state index contributed by atoms with van der Waals surface area (Å²) in [4.78, 5) is 25.4. The zero-order valence-corrected chi connectivity index (χ0v) is 14.7. The fraction of sp³-hybridized carbons (Fsp3) is 0.375. The van der Waals surface area contributed by atoms with Gasteiger partial charge in [0.2, 0.25) is 0 Å². The van der Waals surface area contributed by atoms with Crippen molar-refractivity contribution in [1.82, 2.24) is 0 Å². The Hall–Kier alpha value is -2.32. The molecule has 0 spiro atoms. The van der Waals surface area contributed by atoms with E-state index in [9.17, 15) is 14.0 Å². The molecule has 0 atom stereocenters. The third-order valence-electron chi connectivity index (χ3n) is 3.42. The molecule has 9 heteroatoms. The quantitative estimate of drug-likeness (QED) is 0.733. The fourth-order valence-corrected chi connectivity index (χ4v) is 2.59. The van der Waals surface area contributed by atoms with Crippen molar-refractivity contribution in [2.75, 3.05) is 39.1 Å². The van der Waals surface area contributed by atoms with Crippen molar-refractivity contribution in [1.29, 1.82) is 0 Å². The molecule has 1 aromatic rings. The number of rotatable bonds is 5. The summed E-state index contributed by atoms with van der Waals surface area (Å²) in [5.41, 5.74) is 0.0682. The van der Waals surface area contributed by atoms with E-state index in [0.717, 1.165) is 6.07 Å². The predicted octanol–water partition coefficient (Wildman–Crippen LogP) is 2.27. The van der Waals surface area contributed by atoms with Crippen LogP contribution in [0.25, 0.3) is 0 Å². The molecule has 1 aliphatic rings. The lowest BCUT2D eigenvalue weighted by Crippen LogP contribution is -2.38. The van der Waals surface area contributed by atoms with Crippen LogP contribution in [0.5, 0.6) is 5.75 Å². The minimum absolute atomic E-state index is 0.0197. The van der Waals surface area contributed by atoms with Crippen LogP contribution in [-0.4, -0.2) is 46.1 Å². The Morgan fingerprint density at radius 3 is 2.52 bits per heavy atom. The van der Waals surface area contributed by atoms with Crippen molar-refractivity contribution in [3.05, 3.63) is 34.2 Å². The van der Waals surface area contributed by atoms with Gasteiger partial charge >= 0.3 is 11.9 Å². The van der Waals surface area contributed by atoms with Crippen LogP contribution in [0.4, 0.5) is 10.1 Å². The summed E-state index contributed by atoms with van der Waals surface area (Å²) in [5.74, 6) is -2.34. The summed E-state index contributed by atoms with van der Waals surface area (Å²) in [6.45, 7) is 1.70. The Morgan fingerprint density at radius 1 is 1.28 bits per heavy atom. The Bertz CT molecular complexity index is 698.